The standard InChI is InChI=1S/C19H15N5O3S2/c1-24-10-16(12-3-6-18(27-2)13(7-12)9-20)15-5-4-14(8-17(15)24)29(25,26)23-19-21-11-22-28-19/h3-8,10-11H,1-2H3,(H,21,22,23). The molecular weight excluding hydrogens is 410 g/mol. The molecule has 0 aliphatic rings. The van der Waals surface area contributed by atoms with Crippen molar-refractivity contribution >= 4 is 37.6 Å². The fourth-order valence-electron chi connectivity index (χ4n) is 3.12. The smallest absolute Gasteiger partial charge is 0.263 e. The first-order chi connectivity index (χ1) is 13.9. The molecule has 4 rings (SSSR count). The van der Waals surface area contributed by atoms with Crippen LogP contribution in [0.1, 0.15) is 5.56 Å². The molecule has 29 heavy (non-hydrogen) atoms. The summed E-state index contributed by atoms with van der Waals surface area (Å²) < 4.78 is 38.6. The molecule has 0 radical (unpaired) electrons. The minimum absolute atomic E-state index is 0.125. The minimum atomic E-state index is -3.78. The zero-order chi connectivity index (χ0) is 20.6. The number of anilines is 1. The minimum Gasteiger partial charge on any atom is -0.495 e. The number of ether oxygens (including phenoxy) is 1. The highest BCUT2D eigenvalue weighted by molar-refractivity contribution is 7.93. The molecule has 0 atom stereocenters. The Bertz CT molecular complexity index is 1350. The molecule has 8 nitrogen and oxygen atoms in total. The molecule has 4 aromatic rings. The SMILES string of the molecule is COc1ccc(-c2cn(C)c3cc(S(=O)(=O)Nc4ncns4)ccc23)cc1C#N. The van der Waals surface area contributed by atoms with Crippen LogP contribution < -0.4 is 9.46 Å². The fraction of sp³-hybridized carbons (Fsp3) is 0.105. The number of fused-ring (bicyclic) bond motifs is 1. The van der Waals surface area contributed by atoms with Crippen molar-refractivity contribution < 1.29 is 13.2 Å². The zero-order valence-corrected chi connectivity index (χ0v) is 17.1. The van der Waals surface area contributed by atoms with Gasteiger partial charge in [0.2, 0.25) is 5.13 Å². The van der Waals surface area contributed by atoms with Gasteiger partial charge in [-0.05, 0) is 29.8 Å². The number of nitrogens with zero attached hydrogens (tertiary/aromatic N) is 4. The largest absolute Gasteiger partial charge is 0.495 e. The molecule has 0 saturated carbocycles. The lowest BCUT2D eigenvalue weighted by atomic mass is 10.0. The van der Waals surface area contributed by atoms with E-state index < -0.39 is 10.0 Å². The maximum Gasteiger partial charge on any atom is 0.263 e. The highest BCUT2D eigenvalue weighted by Gasteiger charge is 2.19. The van der Waals surface area contributed by atoms with E-state index in [1.54, 1.807) is 30.3 Å². The molecule has 2 aromatic carbocycles. The number of hydrogen-bond acceptors (Lipinski definition) is 7. The van der Waals surface area contributed by atoms with Crippen LogP contribution in [0, 0.1) is 11.3 Å². The van der Waals surface area contributed by atoms with Gasteiger partial charge in [0.15, 0.2) is 0 Å². The van der Waals surface area contributed by atoms with E-state index >= 15 is 0 Å². The zero-order valence-electron chi connectivity index (χ0n) is 15.4. The number of aromatic nitrogens is 3. The van der Waals surface area contributed by atoms with Crippen LogP contribution in [0.4, 0.5) is 5.13 Å². The Morgan fingerprint density at radius 2 is 2.07 bits per heavy atom. The van der Waals surface area contributed by atoms with E-state index in [1.807, 2.05) is 23.9 Å². The van der Waals surface area contributed by atoms with Gasteiger partial charge in [-0.15, -0.1) is 0 Å². The van der Waals surface area contributed by atoms with Crippen molar-refractivity contribution in [2.24, 2.45) is 7.05 Å². The summed E-state index contributed by atoms with van der Waals surface area (Å²) in [4.78, 5) is 3.98. The summed E-state index contributed by atoms with van der Waals surface area (Å²) in [6.07, 6.45) is 3.20. The third kappa shape index (κ3) is 3.41. The van der Waals surface area contributed by atoms with Crippen LogP contribution in [0.3, 0.4) is 0 Å². The number of sulfonamides is 1. The van der Waals surface area contributed by atoms with Crippen LogP contribution in [-0.2, 0) is 17.1 Å². The number of hydrogen-bond donors (Lipinski definition) is 1. The van der Waals surface area contributed by atoms with E-state index in [0.717, 1.165) is 33.6 Å². The van der Waals surface area contributed by atoms with E-state index in [0.29, 0.717) is 11.3 Å². The van der Waals surface area contributed by atoms with E-state index in [1.165, 1.54) is 13.4 Å². The molecule has 0 aliphatic carbocycles. The van der Waals surface area contributed by atoms with Crippen molar-refractivity contribution in [3.05, 3.63) is 54.5 Å². The summed E-state index contributed by atoms with van der Waals surface area (Å²) in [7, 11) is -0.420. The predicted molar refractivity (Wildman–Crippen MR) is 110 cm³/mol. The highest BCUT2D eigenvalue weighted by Crippen LogP contribution is 2.34. The Hall–Kier alpha value is -3.42. The number of benzene rings is 2. The summed E-state index contributed by atoms with van der Waals surface area (Å²) in [5, 5.41) is 10.4. The van der Waals surface area contributed by atoms with Gasteiger partial charge < -0.3 is 9.30 Å². The monoisotopic (exact) mass is 425 g/mol. The molecule has 0 unspecified atom stereocenters. The number of nitriles is 1. The quantitative estimate of drug-likeness (QED) is 0.525. The first-order valence-corrected chi connectivity index (χ1v) is 10.7. The van der Waals surface area contributed by atoms with E-state index in [4.69, 9.17) is 4.74 Å². The van der Waals surface area contributed by atoms with Crippen molar-refractivity contribution in [3.8, 4) is 22.9 Å². The Balaban J connectivity index is 1.79. The molecule has 2 aromatic heterocycles. The molecule has 2 heterocycles. The second-order valence-electron chi connectivity index (χ2n) is 6.21. The lowest BCUT2D eigenvalue weighted by molar-refractivity contribution is 0.413. The Morgan fingerprint density at radius 1 is 1.24 bits per heavy atom. The molecule has 0 aliphatic heterocycles. The molecule has 0 saturated heterocycles. The lowest BCUT2D eigenvalue weighted by Gasteiger charge is -2.07. The van der Waals surface area contributed by atoms with Crippen molar-refractivity contribution in [2.45, 2.75) is 4.90 Å². The maximum absolute atomic E-state index is 12.7. The Morgan fingerprint density at radius 3 is 2.76 bits per heavy atom. The van der Waals surface area contributed by atoms with Gasteiger partial charge in [-0.3, -0.25) is 4.72 Å². The third-order valence-electron chi connectivity index (χ3n) is 4.49. The van der Waals surface area contributed by atoms with Gasteiger partial charge in [0.05, 0.1) is 17.6 Å². The van der Waals surface area contributed by atoms with Crippen molar-refractivity contribution in [1.82, 2.24) is 13.9 Å². The van der Waals surface area contributed by atoms with Crippen molar-refractivity contribution in [1.29, 1.82) is 5.26 Å². The summed E-state index contributed by atoms with van der Waals surface area (Å²) in [5.74, 6) is 0.507. The molecule has 0 amide bonds. The average Bonchev–Trinajstić information content (AvgIpc) is 3.34. The fourth-order valence-corrected chi connectivity index (χ4v) is 4.80. The number of methoxy groups -OCH3 is 1. The molecular formula is C19H15N5O3S2. The molecule has 0 bridgehead atoms. The van der Waals surface area contributed by atoms with Gasteiger partial charge >= 0.3 is 0 Å². The molecule has 0 spiro atoms. The highest BCUT2D eigenvalue weighted by atomic mass is 32.2. The number of rotatable bonds is 5. The van der Waals surface area contributed by atoms with E-state index in [2.05, 4.69) is 20.1 Å². The Labute approximate surface area is 171 Å². The van der Waals surface area contributed by atoms with Gasteiger partial charge in [-0.25, -0.2) is 13.4 Å². The lowest BCUT2D eigenvalue weighted by Crippen LogP contribution is -2.12. The van der Waals surface area contributed by atoms with Gasteiger partial charge in [0.25, 0.3) is 10.0 Å². The van der Waals surface area contributed by atoms with Gasteiger partial charge in [0, 0.05) is 41.2 Å². The molecule has 146 valence electrons. The third-order valence-corrected chi connectivity index (χ3v) is 6.53. The predicted octanol–water partition coefficient (Wildman–Crippen LogP) is 3.38. The van der Waals surface area contributed by atoms with Crippen LogP contribution in [0.15, 0.2) is 53.8 Å². The topological polar surface area (TPSA) is 110 Å². The second-order valence-corrected chi connectivity index (χ2v) is 8.67. The molecule has 0 fully saturated rings. The number of nitrogens with one attached hydrogen (secondary N) is 1. The van der Waals surface area contributed by atoms with Crippen LogP contribution >= 0.6 is 11.5 Å². The summed E-state index contributed by atoms with van der Waals surface area (Å²) in [5.41, 5.74) is 2.91. The Kier molecular flexibility index (Phi) is 4.70. The van der Waals surface area contributed by atoms with Crippen molar-refractivity contribution in [2.75, 3.05) is 11.8 Å². The van der Waals surface area contributed by atoms with E-state index in [9.17, 15) is 13.7 Å². The first-order valence-electron chi connectivity index (χ1n) is 8.40. The van der Waals surface area contributed by atoms with Crippen LogP contribution in [0.2, 0.25) is 0 Å². The maximum atomic E-state index is 12.7. The van der Waals surface area contributed by atoms with Crippen LogP contribution in [-0.4, -0.2) is 29.5 Å². The summed E-state index contributed by atoms with van der Waals surface area (Å²) in [6, 6.07) is 12.4. The second kappa shape index (κ2) is 7.20. The summed E-state index contributed by atoms with van der Waals surface area (Å²) >= 11 is 0.966. The molecule has 10 heteroatoms. The van der Waals surface area contributed by atoms with Crippen molar-refractivity contribution in [3.63, 3.8) is 0 Å². The summed E-state index contributed by atoms with van der Waals surface area (Å²) in [6.45, 7) is 0. The van der Waals surface area contributed by atoms with Gasteiger partial charge in [0.1, 0.15) is 18.1 Å². The van der Waals surface area contributed by atoms with Crippen LogP contribution in [0.5, 0.6) is 5.75 Å². The number of aryl methyl sites for hydroxylation is 1. The normalized spacial score (nSPS) is 11.3. The first kappa shape index (κ1) is 18.9. The van der Waals surface area contributed by atoms with E-state index in [-0.39, 0.29) is 10.0 Å². The molecule has 1 N–H and O–H groups in total. The average molecular weight is 425 g/mol. The van der Waals surface area contributed by atoms with Crippen LogP contribution in [0.25, 0.3) is 22.0 Å². The van der Waals surface area contributed by atoms with Gasteiger partial charge in [-0.1, -0.05) is 12.1 Å². The van der Waals surface area contributed by atoms with Gasteiger partial charge in [-0.2, -0.15) is 9.64 Å².